The van der Waals surface area contributed by atoms with E-state index < -0.39 is 5.54 Å². The fraction of sp³-hybridized carbons (Fsp3) is 0.562. The molecule has 1 aromatic rings. The molecular formula is C16H24N2O. The first-order valence-corrected chi connectivity index (χ1v) is 7.07. The minimum Gasteiger partial charge on any atom is -0.340 e. The SMILES string of the molecule is CC1CNC(C)(C)C(=O)N(CCc2ccccc2)C1. The molecule has 1 N–H and O–H groups in total. The van der Waals surface area contributed by atoms with Crippen LogP contribution in [0.3, 0.4) is 0 Å². The van der Waals surface area contributed by atoms with Crippen LogP contribution >= 0.6 is 0 Å². The minimum absolute atomic E-state index is 0.216. The second-order valence-corrected chi connectivity index (χ2v) is 6.10. The lowest BCUT2D eigenvalue weighted by molar-refractivity contribution is -0.136. The number of rotatable bonds is 3. The summed E-state index contributed by atoms with van der Waals surface area (Å²) in [5, 5.41) is 3.36. The predicted octanol–water partition coefficient (Wildman–Crippen LogP) is 2.08. The van der Waals surface area contributed by atoms with Gasteiger partial charge in [0.2, 0.25) is 5.91 Å². The van der Waals surface area contributed by atoms with Crippen LogP contribution in [0.15, 0.2) is 30.3 Å². The number of hydrogen-bond donors (Lipinski definition) is 1. The van der Waals surface area contributed by atoms with E-state index in [9.17, 15) is 4.79 Å². The summed E-state index contributed by atoms with van der Waals surface area (Å²) in [6, 6.07) is 10.4. The number of benzene rings is 1. The van der Waals surface area contributed by atoms with Crippen LogP contribution in [0.25, 0.3) is 0 Å². The van der Waals surface area contributed by atoms with Gasteiger partial charge in [-0.2, -0.15) is 0 Å². The first-order chi connectivity index (χ1) is 8.99. The maximum atomic E-state index is 12.5. The highest BCUT2D eigenvalue weighted by molar-refractivity contribution is 5.85. The summed E-state index contributed by atoms with van der Waals surface area (Å²) in [6.45, 7) is 8.70. The Morgan fingerprint density at radius 3 is 2.68 bits per heavy atom. The summed E-state index contributed by atoms with van der Waals surface area (Å²) in [7, 11) is 0. The van der Waals surface area contributed by atoms with Gasteiger partial charge in [0.25, 0.3) is 0 Å². The molecule has 0 radical (unpaired) electrons. The van der Waals surface area contributed by atoms with E-state index in [1.54, 1.807) is 0 Å². The first-order valence-electron chi connectivity index (χ1n) is 7.07. The molecule has 19 heavy (non-hydrogen) atoms. The van der Waals surface area contributed by atoms with Crippen LogP contribution in [-0.2, 0) is 11.2 Å². The first kappa shape index (κ1) is 14.1. The molecule has 1 unspecified atom stereocenters. The zero-order valence-corrected chi connectivity index (χ0v) is 12.1. The molecule has 1 amide bonds. The largest absolute Gasteiger partial charge is 0.340 e. The standard InChI is InChI=1S/C16H24N2O/c1-13-11-17-16(2,3)15(19)18(12-13)10-9-14-7-5-4-6-8-14/h4-8,13,17H,9-12H2,1-3H3. The van der Waals surface area contributed by atoms with Crippen LogP contribution in [0, 0.1) is 5.92 Å². The summed E-state index contributed by atoms with van der Waals surface area (Å²) in [5.41, 5.74) is 0.847. The Hall–Kier alpha value is -1.35. The molecule has 0 spiro atoms. The zero-order valence-electron chi connectivity index (χ0n) is 12.1. The molecule has 1 atom stereocenters. The molecule has 3 heteroatoms. The third-order valence-electron chi connectivity index (χ3n) is 3.76. The van der Waals surface area contributed by atoms with Crippen molar-refractivity contribution in [1.29, 1.82) is 0 Å². The van der Waals surface area contributed by atoms with Gasteiger partial charge in [0, 0.05) is 19.6 Å². The second kappa shape index (κ2) is 5.74. The Labute approximate surface area is 116 Å². The summed E-state index contributed by atoms with van der Waals surface area (Å²) in [6.07, 6.45) is 0.926. The number of nitrogens with zero attached hydrogens (tertiary/aromatic N) is 1. The Morgan fingerprint density at radius 1 is 1.32 bits per heavy atom. The Morgan fingerprint density at radius 2 is 2.00 bits per heavy atom. The van der Waals surface area contributed by atoms with E-state index in [0.717, 1.165) is 26.1 Å². The highest BCUT2D eigenvalue weighted by Gasteiger charge is 2.35. The lowest BCUT2D eigenvalue weighted by Gasteiger charge is -2.29. The highest BCUT2D eigenvalue weighted by Crippen LogP contribution is 2.16. The Kier molecular flexibility index (Phi) is 4.25. The Balaban J connectivity index is 2.02. The average Bonchev–Trinajstić information content (AvgIpc) is 2.50. The molecule has 1 aliphatic rings. The maximum Gasteiger partial charge on any atom is 0.242 e. The fourth-order valence-corrected chi connectivity index (χ4v) is 2.53. The number of amides is 1. The molecule has 3 nitrogen and oxygen atoms in total. The van der Waals surface area contributed by atoms with Crippen molar-refractivity contribution < 1.29 is 4.79 Å². The van der Waals surface area contributed by atoms with Gasteiger partial charge in [-0.05, 0) is 31.7 Å². The van der Waals surface area contributed by atoms with Crippen molar-refractivity contribution in [3.8, 4) is 0 Å². The van der Waals surface area contributed by atoms with Crippen molar-refractivity contribution >= 4 is 5.91 Å². The van der Waals surface area contributed by atoms with Crippen molar-refractivity contribution in [3.05, 3.63) is 35.9 Å². The average molecular weight is 260 g/mol. The van der Waals surface area contributed by atoms with Gasteiger partial charge < -0.3 is 10.2 Å². The summed E-state index contributed by atoms with van der Waals surface area (Å²) in [5.74, 6) is 0.717. The fourth-order valence-electron chi connectivity index (χ4n) is 2.53. The van der Waals surface area contributed by atoms with E-state index in [1.165, 1.54) is 5.56 Å². The molecule has 0 aliphatic carbocycles. The third kappa shape index (κ3) is 3.57. The van der Waals surface area contributed by atoms with Gasteiger partial charge in [-0.1, -0.05) is 37.3 Å². The monoisotopic (exact) mass is 260 g/mol. The van der Waals surface area contributed by atoms with Crippen molar-refractivity contribution in [2.24, 2.45) is 5.92 Å². The van der Waals surface area contributed by atoms with Gasteiger partial charge in [-0.15, -0.1) is 0 Å². The molecular weight excluding hydrogens is 236 g/mol. The third-order valence-corrected chi connectivity index (χ3v) is 3.76. The molecule has 0 aromatic heterocycles. The van der Waals surface area contributed by atoms with Gasteiger partial charge in [0.15, 0.2) is 0 Å². The molecule has 1 aliphatic heterocycles. The number of carbonyl (C=O) groups is 1. The van der Waals surface area contributed by atoms with Crippen LogP contribution in [0.1, 0.15) is 26.3 Å². The molecule has 0 bridgehead atoms. The van der Waals surface area contributed by atoms with Gasteiger partial charge >= 0.3 is 0 Å². The normalized spacial score (nSPS) is 23.2. The molecule has 104 valence electrons. The van der Waals surface area contributed by atoms with Crippen LogP contribution in [0.2, 0.25) is 0 Å². The molecule has 2 rings (SSSR count). The number of carbonyl (C=O) groups excluding carboxylic acids is 1. The number of hydrogen-bond acceptors (Lipinski definition) is 2. The van der Waals surface area contributed by atoms with Crippen molar-refractivity contribution in [2.75, 3.05) is 19.6 Å². The van der Waals surface area contributed by atoms with E-state index in [2.05, 4.69) is 24.4 Å². The van der Waals surface area contributed by atoms with Crippen molar-refractivity contribution in [2.45, 2.75) is 32.7 Å². The Bertz CT molecular complexity index is 428. The minimum atomic E-state index is -0.443. The molecule has 1 fully saturated rings. The van der Waals surface area contributed by atoms with Crippen LogP contribution < -0.4 is 5.32 Å². The van der Waals surface area contributed by atoms with E-state index in [-0.39, 0.29) is 5.91 Å². The second-order valence-electron chi connectivity index (χ2n) is 6.10. The quantitative estimate of drug-likeness (QED) is 0.902. The van der Waals surface area contributed by atoms with Crippen molar-refractivity contribution in [3.63, 3.8) is 0 Å². The zero-order chi connectivity index (χ0) is 13.9. The lowest BCUT2D eigenvalue weighted by Crippen LogP contribution is -2.52. The maximum absolute atomic E-state index is 12.5. The molecule has 1 heterocycles. The van der Waals surface area contributed by atoms with Gasteiger partial charge in [0.05, 0.1) is 5.54 Å². The van der Waals surface area contributed by atoms with E-state index >= 15 is 0 Å². The van der Waals surface area contributed by atoms with Crippen LogP contribution in [0.5, 0.6) is 0 Å². The molecule has 1 saturated heterocycles. The van der Waals surface area contributed by atoms with Gasteiger partial charge in [0.1, 0.15) is 0 Å². The van der Waals surface area contributed by atoms with Gasteiger partial charge in [-0.3, -0.25) is 4.79 Å². The highest BCUT2D eigenvalue weighted by atomic mass is 16.2. The van der Waals surface area contributed by atoms with Crippen LogP contribution in [-0.4, -0.2) is 36.0 Å². The summed E-state index contributed by atoms with van der Waals surface area (Å²) < 4.78 is 0. The van der Waals surface area contributed by atoms with E-state index in [0.29, 0.717) is 5.92 Å². The summed E-state index contributed by atoms with van der Waals surface area (Å²) >= 11 is 0. The predicted molar refractivity (Wildman–Crippen MR) is 78.0 cm³/mol. The molecule has 1 aromatic carbocycles. The van der Waals surface area contributed by atoms with Crippen molar-refractivity contribution in [1.82, 2.24) is 10.2 Å². The van der Waals surface area contributed by atoms with Gasteiger partial charge in [-0.25, -0.2) is 0 Å². The smallest absolute Gasteiger partial charge is 0.242 e. The number of nitrogens with one attached hydrogen (secondary N) is 1. The molecule has 0 saturated carbocycles. The summed E-state index contributed by atoms with van der Waals surface area (Å²) in [4.78, 5) is 14.5. The van der Waals surface area contributed by atoms with E-state index in [1.807, 2.05) is 36.9 Å². The van der Waals surface area contributed by atoms with E-state index in [4.69, 9.17) is 0 Å². The van der Waals surface area contributed by atoms with Crippen LogP contribution in [0.4, 0.5) is 0 Å². The lowest BCUT2D eigenvalue weighted by atomic mass is 10.0. The topological polar surface area (TPSA) is 32.3 Å².